The van der Waals surface area contributed by atoms with Gasteiger partial charge in [-0.2, -0.15) is 0 Å². The van der Waals surface area contributed by atoms with E-state index in [1.807, 2.05) is 27.7 Å². The molecule has 9 nitrogen and oxygen atoms in total. The minimum absolute atomic E-state index is 0.0356. The Morgan fingerprint density at radius 1 is 1.21 bits per heavy atom. The number of carboxylic acids is 1. The lowest BCUT2D eigenvalue weighted by Gasteiger charge is -2.37. The molecule has 0 aromatic carbocycles. The lowest BCUT2D eigenvalue weighted by Crippen LogP contribution is -2.56. The molecule has 164 valence electrons. The van der Waals surface area contributed by atoms with Crippen LogP contribution in [0.25, 0.3) is 0 Å². The second-order valence-corrected chi connectivity index (χ2v) is 8.56. The first-order chi connectivity index (χ1) is 13.5. The number of amides is 2. The van der Waals surface area contributed by atoms with Crippen LogP contribution in [-0.2, 0) is 23.9 Å². The minimum atomic E-state index is -1.10. The van der Waals surface area contributed by atoms with Gasteiger partial charge >= 0.3 is 11.9 Å². The van der Waals surface area contributed by atoms with Crippen LogP contribution in [0.5, 0.6) is 0 Å². The summed E-state index contributed by atoms with van der Waals surface area (Å²) in [5.74, 6) is -2.53. The summed E-state index contributed by atoms with van der Waals surface area (Å²) < 4.78 is 5.02. The number of hydrogen-bond donors (Lipinski definition) is 4. The van der Waals surface area contributed by atoms with Gasteiger partial charge in [0.15, 0.2) is 6.10 Å². The molecule has 0 radical (unpaired) electrons. The minimum Gasteiger partial charge on any atom is -0.480 e. The zero-order valence-corrected chi connectivity index (χ0v) is 17.7. The lowest BCUT2D eigenvalue weighted by molar-refractivity contribution is -0.193. The van der Waals surface area contributed by atoms with Gasteiger partial charge in [0.05, 0.1) is 6.04 Å². The van der Waals surface area contributed by atoms with Crippen molar-refractivity contribution in [2.24, 2.45) is 17.8 Å². The lowest BCUT2D eigenvalue weighted by atomic mass is 9.83. The number of rotatable bonds is 11. The summed E-state index contributed by atoms with van der Waals surface area (Å²) in [5, 5.41) is 17.9. The third-order valence-electron chi connectivity index (χ3n) is 5.74. The number of carboxylic acid groups (broad SMARTS) is 1. The van der Waals surface area contributed by atoms with Crippen molar-refractivity contribution in [1.82, 2.24) is 16.0 Å². The number of aliphatic carboxylic acids is 1. The van der Waals surface area contributed by atoms with Crippen LogP contribution in [-0.4, -0.2) is 59.1 Å². The fraction of sp³-hybridized carbons (Fsp3) is 0.800. The topological polar surface area (TPSA) is 134 Å². The van der Waals surface area contributed by atoms with Gasteiger partial charge in [-0.05, 0) is 31.6 Å². The van der Waals surface area contributed by atoms with Gasteiger partial charge in [-0.1, -0.05) is 34.1 Å². The van der Waals surface area contributed by atoms with Crippen LogP contribution in [0.2, 0.25) is 0 Å². The molecule has 1 saturated carbocycles. The predicted octanol–water partition coefficient (Wildman–Crippen LogP) is 0.425. The van der Waals surface area contributed by atoms with Crippen LogP contribution in [0.4, 0.5) is 0 Å². The quantitative estimate of drug-likeness (QED) is 0.362. The summed E-state index contributed by atoms with van der Waals surface area (Å²) in [7, 11) is 0. The third-order valence-corrected chi connectivity index (χ3v) is 5.74. The molecule has 0 spiro atoms. The van der Waals surface area contributed by atoms with Crippen molar-refractivity contribution in [3.8, 4) is 0 Å². The molecule has 29 heavy (non-hydrogen) atoms. The maximum atomic E-state index is 12.4. The normalized spacial score (nSPS) is 28.6. The highest BCUT2D eigenvalue weighted by atomic mass is 16.6. The Morgan fingerprint density at radius 2 is 1.86 bits per heavy atom. The zero-order valence-electron chi connectivity index (χ0n) is 17.7. The van der Waals surface area contributed by atoms with E-state index < -0.39 is 30.1 Å². The molecule has 2 rings (SSSR count). The van der Waals surface area contributed by atoms with Crippen LogP contribution < -0.4 is 16.0 Å². The number of hydrogen-bond acceptors (Lipinski definition) is 6. The highest BCUT2D eigenvalue weighted by molar-refractivity contribution is 5.94. The Balaban J connectivity index is 1.82. The fourth-order valence-electron chi connectivity index (χ4n) is 3.68. The molecular weight excluding hydrogens is 378 g/mol. The molecule has 0 bridgehead atoms. The van der Waals surface area contributed by atoms with E-state index >= 15 is 0 Å². The molecule has 7 atom stereocenters. The van der Waals surface area contributed by atoms with Gasteiger partial charge in [-0.3, -0.25) is 14.4 Å². The summed E-state index contributed by atoms with van der Waals surface area (Å²) >= 11 is 0. The van der Waals surface area contributed by atoms with Crippen molar-refractivity contribution < 1.29 is 29.0 Å². The van der Waals surface area contributed by atoms with E-state index in [9.17, 15) is 24.3 Å². The van der Waals surface area contributed by atoms with E-state index in [1.54, 1.807) is 6.92 Å². The SMILES string of the molecule is CC[C@H](C)[C@@H]1C(=O)O[C@H]1C(=O)N[C@H]1C[C@@H]1C[C@H](NC(=O)[C@H](C)NC(C)C)C(=O)O. The molecule has 2 amide bonds. The van der Waals surface area contributed by atoms with Crippen LogP contribution >= 0.6 is 0 Å². The molecule has 2 fully saturated rings. The van der Waals surface area contributed by atoms with E-state index in [2.05, 4.69) is 16.0 Å². The fourth-order valence-corrected chi connectivity index (χ4v) is 3.68. The van der Waals surface area contributed by atoms with Gasteiger partial charge in [0.1, 0.15) is 12.0 Å². The molecule has 4 N–H and O–H groups in total. The van der Waals surface area contributed by atoms with Crippen molar-refractivity contribution in [2.75, 3.05) is 0 Å². The molecule has 0 aromatic heterocycles. The van der Waals surface area contributed by atoms with E-state index in [0.717, 1.165) is 6.42 Å². The summed E-state index contributed by atoms with van der Waals surface area (Å²) in [6, 6.07) is -1.58. The molecule has 1 aliphatic carbocycles. The number of nitrogens with one attached hydrogen (secondary N) is 3. The Bertz CT molecular complexity index is 652. The predicted molar refractivity (Wildman–Crippen MR) is 105 cm³/mol. The first-order valence-electron chi connectivity index (χ1n) is 10.3. The van der Waals surface area contributed by atoms with Gasteiger partial charge in [0.25, 0.3) is 5.91 Å². The number of cyclic esters (lactones) is 1. The third kappa shape index (κ3) is 5.91. The van der Waals surface area contributed by atoms with E-state index in [1.165, 1.54) is 0 Å². The number of ether oxygens (including phenoxy) is 1. The second-order valence-electron chi connectivity index (χ2n) is 8.56. The van der Waals surface area contributed by atoms with Gasteiger partial charge in [-0.25, -0.2) is 4.79 Å². The number of carbonyl (C=O) groups is 4. The standard InChI is InChI=1S/C20H33N3O6/c1-6-10(4)15-16(29-20(15)28)18(25)22-13-7-12(13)8-14(19(26)27)23-17(24)11(5)21-9(2)3/h9-16,21H,6-8H2,1-5H3,(H,22,25)(H,23,24)(H,26,27)/t10-,11-,12+,13-,14-,15-,16+/m0/s1. The van der Waals surface area contributed by atoms with Gasteiger partial charge in [-0.15, -0.1) is 0 Å². The average Bonchev–Trinajstić information content (AvgIpc) is 3.34. The summed E-state index contributed by atoms with van der Waals surface area (Å²) in [6.07, 6.45) is 0.885. The molecular formula is C20H33N3O6. The number of carbonyl (C=O) groups excluding carboxylic acids is 3. The molecule has 1 saturated heterocycles. The molecule has 0 aromatic rings. The molecule has 9 heteroatoms. The van der Waals surface area contributed by atoms with E-state index in [0.29, 0.717) is 6.42 Å². The molecule has 2 aliphatic rings. The summed E-state index contributed by atoms with van der Waals surface area (Å²) in [4.78, 5) is 47.8. The van der Waals surface area contributed by atoms with E-state index in [4.69, 9.17) is 4.74 Å². The maximum Gasteiger partial charge on any atom is 0.326 e. The van der Waals surface area contributed by atoms with Crippen LogP contribution in [0, 0.1) is 17.8 Å². The van der Waals surface area contributed by atoms with Crippen molar-refractivity contribution in [3.05, 3.63) is 0 Å². The Labute approximate surface area is 171 Å². The second kappa shape index (κ2) is 9.56. The molecule has 1 heterocycles. The van der Waals surface area contributed by atoms with Gasteiger partial charge in [0, 0.05) is 12.1 Å². The Kier molecular flexibility index (Phi) is 7.62. The molecule has 0 unspecified atom stereocenters. The average molecular weight is 411 g/mol. The van der Waals surface area contributed by atoms with Crippen molar-refractivity contribution >= 4 is 23.8 Å². The van der Waals surface area contributed by atoms with Gasteiger partial charge in [0.2, 0.25) is 5.91 Å². The summed E-state index contributed by atoms with van der Waals surface area (Å²) in [6.45, 7) is 9.37. The van der Waals surface area contributed by atoms with Crippen LogP contribution in [0.15, 0.2) is 0 Å². The highest BCUT2D eigenvalue weighted by Gasteiger charge is 2.51. The van der Waals surface area contributed by atoms with Crippen LogP contribution in [0.1, 0.15) is 53.9 Å². The summed E-state index contributed by atoms with van der Waals surface area (Å²) in [5.41, 5.74) is 0. The Morgan fingerprint density at radius 3 is 2.38 bits per heavy atom. The van der Waals surface area contributed by atoms with Crippen molar-refractivity contribution in [2.45, 2.75) is 84.2 Å². The largest absolute Gasteiger partial charge is 0.480 e. The first-order valence-corrected chi connectivity index (χ1v) is 10.3. The first kappa shape index (κ1) is 23.1. The Hall–Kier alpha value is -2.16. The highest BCUT2D eigenvalue weighted by Crippen LogP contribution is 2.37. The maximum absolute atomic E-state index is 12.4. The van der Waals surface area contributed by atoms with Crippen molar-refractivity contribution in [1.29, 1.82) is 0 Å². The van der Waals surface area contributed by atoms with Crippen molar-refractivity contribution in [3.63, 3.8) is 0 Å². The zero-order chi connectivity index (χ0) is 21.9. The smallest absolute Gasteiger partial charge is 0.326 e. The number of esters is 1. The monoisotopic (exact) mass is 411 g/mol. The molecule has 1 aliphatic heterocycles. The van der Waals surface area contributed by atoms with E-state index in [-0.39, 0.29) is 48.1 Å². The van der Waals surface area contributed by atoms with Crippen LogP contribution in [0.3, 0.4) is 0 Å². The van der Waals surface area contributed by atoms with Gasteiger partial charge < -0.3 is 25.8 Å².